The molecule has 0 amide bonds. The van der Waals surface area contributed by atoms with Crippen LogP contribution in [0.25, 0.3) is 0 Å². The number of methoxy groups -OCH3 is 1. The predicted octanol–water partition coefficient (Wildman–Crippen LogP) is 1.65. The van der Waals surface area contributed by atoms with Gasteiger partial charge in [0.05, 0.1) is 7.11 Å². The number of ether oxygens (including phenoxy) is 2. The largest absolute Gasteiger partial charge is 0.493 e. The molecule has 0 bridgehead atoms. The predicted molar refractivity (Wildman–Crippen MR) is 81.3 cm³/mol. The second-order valence-electron chi connectivity index (χ2n) is 5.10. The molecule has 1 aliphatic heterocycles. The fourth-order valence-corrected chi connectivity index (χ4v) is 2.47. The van der Waals surface area contributed by atoms with Gasteiger partial charge < -0.3 is 20.4 Å². The Kier molecular flexibility index (Phi) is 5.68. The first-order valence-corrected chi connectivity index (χ1v) is 7.25. The molecule has 0 spiro atoms. The number of amidine groups is 1. The molecular formula is C15H23N3O3. The smallest absolute Gasteiger partial charge is 0.170 e. The van der Waals surface area contributed by atoms with Crippen molar-refractivity contribution in [3.05, 3.63) is 23.8 Å². The summed E-state index contributed by atoms with van der Waals surface area (Å²) in [6.45, 7) is 3.86. The van der Waals surface area contributed by atoms with E-state index in [1.54, 1.807) is 25.3 Å². The summed E-state index contributed by atoms with van der Waals surface area (Å²) >= 11 is 0. The van der Waals surface area contributed by atoms with Gasteiger partial charge in [-0.25, -0.2) is 0 Å². The molecule has 0 aromatic heterocycles. The van der Waals surface area contributed by atoms with E-state index in [9.17, 15) is 0 Å². The van der Waals surface area contributed by atoms with E-state index in [4.69, 9.17) is 20.4 Å². The van der Waals surface area contributed by atoms with Gasteiger partial charge in [0.2, 0.25) is 0 Å². The molecular weight excluding hydrogens is 270 g/mol. The number of nitrogens with zero attached hydrogens (tertiary/aromatic N) is 2. The monoisotopic (exact) mass is 293 g/mol. The van der Waals surface area contributed by atoms with Crippen molar-refractivity contribution >= 4 is 5.84 Å². The van der Waals surface area contributed by atoms with Crippen LogP contribution in [0.2, 0.25) is 0 Å². The Bertz CT molecular complexity index is 485. The fourth-order valence-electron chi connectivity index (χ4n) is 2.47. The van der Waals surface area contributed by atoms with Gasteiger partial charge in [0.25, 0.3) is 0 Å². The van der Waals surface area contributed by atoms with Crippen LogP contribution in [0.5, 0.6) is 11.5 Å². The van der Waals surface area contributed by atoms with Crippen molar-refractivity contribution < 1.29 is 14.7 Å². The van der Waals surface area contributed by atoms with Crippen molar-refractivity contribution in [2.45, 2.75) is 19.3 Å². The molecule has 0 radical (unpaired) electrons. The molecule has 1 aromatic carbocycles. The summed E-state index contributed by atoms with van der Waals surface area (Å²) in [7, 11) is 1.57. The second kappa shape index (κ2) is 7.73. The van der Waals surface area contributed by atoms with Gasteiger partial charge in [-0.05, 0) is 44.1 Å². The molecule has 1 heterocycles. The van der Waals surface area contributed by atoms with Gasteiger partial charge >= 0.3 is 0 Å². The zero-order valence-electron chi connectivity index (χ0n) is 12.4. The van der Waals surface area contributed by atoms with Crippen LogP contribution in [0.15, 0.2) is 23.4 Å². The Hall–Kier alpha value is -1.95. The summed E-state index contributed by atoms with van der Waals surface area (Å²) in [5.41, 5.74) is 6.16. The Labute approximate surface area is 125 Å². The number of likely N-dealkylation sites (tertiary alicyclic amines) is 1. The first-order chi connectivity index (χ1) is 10.2. The maximum atomic E-state index is 8.69. The van der Waals surface area contributed by atoms with Gasteiger partial charge in [-0.3, -0.25) is 4.90 Å². The van der Waals surface area contributed by atoms with E-state index in [2.05, 4.69) is 10.1 Å². The van der Waals surface area contributed by atoms with Gasteiger partial charge in [-0.15, -0.1) is 0 Å². The highest BCUT2D eigenvalue weighted by molar-refractivity contribution is 5.97. The SMILES string of the molecule is COc1cc(C(N)=NO)ccc1OCCN1CCCCC1. The zero-order valence-corrected chi connectivity index (χ0v) is 12.4. The van der Waals surface area contributed by atoms with E-state index >= 15 is 0 Å². The van der Waals surface area contributed by atoms with E-state index in [1.165, 1.54) is 19.3 Å². The third kappa shape index (κ3) is 4.26. The molecule has 0 unspecified atom stereocenters. The highest BCUT2D eigenvalue weighted by Crippen LogP contribution is 2.28. The third-order valence-corrected chi connectivity index (χ3v) is 3.68. The highest BCUT2D eigenvalue weighted by atomic mass is 16.5. The van der Waals surface area contributed by atoms with Gasteiger partial charge in [-0.2, -0.15) is 0 Å². The summed E-state index contributed by atoms with van der Waals surface area (Å²) in [6.07, 6.45) is 3.88. The zero-order chi connectivity index (χ0) is 15.1. The van der Waals surface area contributed by atoms with Crippen LogP contribution >= 0.6 is 0 Å². The average molecular weight is 293 g/mol. The molecule has 3 N–H and O–H groups in total. The lowest BCUT2D eigenvalue weighted by Crippen LogP contribution is -2.33. The summed E-state index contributed by atoms with van der Waals surface area (Å²) in [5.74, 6) is 1.30. The van der Waals surface area contributed by atoms with Crippen molar-refractivity contribution in [1.82, 2.24) is 4.90 Å². The van der Waals surface area contributed by atoms with Gasteiger partial charge in [0.15, 0.2) is 17.3 Å². The van der Waals surface area contributed by atoms with Crippen molar-refractivity contribution in [3.63, 3.8) is 0 Å². The van der Waals surface area contributed by atoms with E-state index in [0.29, 0.717) is 23.7 Å². The Morgan fingerprint density at radius 1 is 1.29 bits per heavy atom. The molecule has 2 rings (SSSR count). The second-order valence-corrected chi connectivity index (χ2v) is 5.10. The number of hydrogen-bond donors (Lipinski definition) is 2. The van der Waals surface area contributed by atoms with Crippen LogP contribution in [0.3, 0.4) is 0 Å². The molecule has 1 saturated heterocycles. The van der Waals surface area contributed by atoms with Crippen LogP contribution in [0.1, 0.15) is 24.8 Å². The Morgan fingerprint density at radius 3 is 2.71 bits per heavy atom. The molecule has 116 valence electrons. The number of piperidine rings is 1. The normalized spacial score (nSPS) is 16.7. The fraction of sp³-hybridized carbons (Fsp3) is 0.533. The average Bonchev–Trinajstić information content (AvgIpc) is 2.55. The standard InChI is InChI=1S/C15H23N3O3/c1-20-14-11-12(15(16)17-19)5-6-13(14)21-10-9-18-7-3-2-4-8-18/h5-6,11,19H,2-4,7-10H2,1H3,(H2,16,17). The highest BCUT2D eigenvalue weighted by Gasteiger charge is 2.11. The van der Waals surface area contributed by atoms with Crippen LogP contribution in [-0.2, 0) is 0 Å². The van der Waals surface area contributed by atoms with Crippen molar-refractivity contribution in [3.8, 4) is 11.5 Å². The number of rotatable bonds is 6. The minimum Gasteiger partial charge on any atom is -0.493 e. The lowest BCUT2D eigenvalue weighted by Gasteiger charge is -2.26. The molecule has 1 aromatic rings. The van der Waals surface area contributed by atoms with E-state index in [1.807, 2.05) is 0 Å². The quantitative estimate of drug-likeness (QED) is 0.361. The number of benzene rings is 1. The molecule has 0 atom stereocenters. The molecule has 6 nitrogen and oxygen atoms in total. The Balaban J connectivity index is 1.92. The number of hydrogen-bond acceptors (Lipinski definition) is 5. The van der Waals surface area contributed by atoms with Crippen LogP contribution in [0, 0.1) is 0 Å². The summed E-state index contributed by atoms with van der Waals surface area (Å²) < 4.78 is 11.1. The van der Waals surface area contributed by atoms with E-state index in [-0.39, 0.29) is 5.84 Å². The lowest BCUT2D eigenvalue weighted by molar-refractivity contribution is 0.180. The number of oxime groups is 1. The van der Waals surface area contributed by atoms with Gasteiger partial charge in [-0.1, -0.05) is 11.6 Å². The molecule has 1 fully saturated rings. The maximum Gasteiger partial charge on any atom is 0.170 e. The first-order valence-electron chi connectivity index (χ1n) is 7.25. The summed E-state index contributed by atoms with van der Waals surface area (Å²) in [4.78, 5) is 2.42. The molecule has 6 heteroatoms. The topological polar surface area (TPSA) is 80.3 Å². The lowest BCUT2D eigenvalue weighted by atomic mass is 10.1. The molecule has 0 saturated carbocycles. The van der Waals surface area contributed by atoms with Gasteiger partial charge in [0, 0.05) is 12.1 Å². The van der Waals surface area contributed by atoms with Crippen molar-refractivity contribution in [2.24, 2.45) is 10.9 Å². The third-order valence-electron chi connectivity index (χ3n) is 3.68. The first kappa shape index (κ1) is 15.4. The summed E-state index contributed by atoms with van der Waals surface area (Å²) in [6, 6.07) is 5.22. The summed E-state index contributed by atoms with van der Waals surface area (Å²) in [5, 5.41) is 11.7. The Morgan fingerprint density at radius 2 is 2.05 bits per heavy atom. The van der Waals surface area contributed by atoms with Crippen LogP contribution in [0.4, 0.5) is 0 Å². The van der Waals surface area contributed by atoms with E-state index < -0.39 is 0 Å². The van der Waals surface area contributed by atoms with Crippen molar-refractivity contribution in [1.29, 1.82) is 0 Å². The number of nitrogens with two attached hydrogens (primary N) is 1. The van der Waals surface area contributed by atoms with Crippen LogP contribution in [-0.4, -0.2) is 49.3 Å². The molecule has 0 aliphatic carbocycles. The van der Waals surface area contributed by atoms with Crippen LogP contribution < -0.4 is 15.2 Å². The van der Waals surface area contributed by atoms with E-state index in [0.717, 1.165) is 19.6 Å². The van der Waals surface area contributed by atoms with Crippen molar-refractivity contribution in [2.75, 3.05) is 33.4 Å². The minimum atomic E-state index is 0.0492. The minimum absolute atomic E-state index is 0.0492. The molecule has 1 aliphatic rings. The maximum absolute atomic E-state index is 8.69. The molecule has 21 heavy (non-hydrogen) atoms. The van der Waals surface area contributed by atoms with Gasteiger partial charge in [0.1, 0.15) is 6.61 Å².